The van der Waals surface area contributed by atoms with Crippen LogP contribution in [-0.2, 0) is 9.53 Å². The van der Waals surface area contributed by atoms with Crippen LogP contribution in [0.1, 0.15) is 6.92 Å². The molecule has 0 radical (unpaired) electrons. The van der Waals surface area contributed by atoms with Gasteiger partial charge in [0.1, 0.15) is 12.6 Å². The fraction of sp³-hybridized carbons (Fsp3) is 0.875. The molecule has 1 N–H and O–H groups in total. The highest BCUT2D eigenvalue weighted by Gasteiger charge is 2.34. The first-order valence-electron chi connectivity index (χ1n) is 4.31. The number of hydrogen-bond donors (Lipinski definition) is 1. The number of amides is 1. The molecule has 0 rings (SSSR count). The predicted molar refractivity (Wildman–Crippen MR) is 46.2 cm³/mol. The number of ether oxygens (including phenoxy) is 1. The first-order chi connectivity index (χ1) is 6.81. The van der Waals surface area contributed by atoms with E-state index in [2.05, 4.69) is 4.74 Å². The Morgan fingerprint density at radius 1 is 1.53 bits per heavy atom. The van der Waals surface area contributed by atoms with Crippen LogP contribution in [-0.4, -0.2) is 55.0 Å². The number of carbonyl (C=O) groups is 1. The van der Waals surface area contributed by atoms with Crippen LogP contribution in [0.3, 0.4) is 0 Å². The fourth-order valence-electron chi connectivity index (χ4n) is 0.962. The van der Waals surface area contributed by atoms with E-state index in [1.54, 1.807) is 0 Å². The molecule has 0 aromatic heterocycles. The molecule has 0 aromatic rings. The minimum Gasteiger partial charge on any atom is -0.395 e. The first-order valence-corrected chi connectivity index (χ1v) is 4.31. The SMILES string of the molecule is COC(C)C(=O)N(CCO)CC(F)(F)F. The molecule has 0 aliphatic heterocycles. The van der Waals surface area contributed by atoms with Crippen LogP contribution in [0.5, 0.6) is 0 Å². The van der Waals surface area contributed by atoms with Crippen LogP contribution in [0.15, 0.2) is 0 Å². The van der Waals surface area contributed by atoms with Gasteiger partial charge in [-0.05, 0) is 6.92 Å². The number of carbonyl (C=O) groups excluding carboxylic acids is 1. The molecule has 0 spiro atoms. The number of alkyl halides is 3. The van der Waals surface area contributed by atoms with Crippen molar-refractivity contribution in [3.8, 4) is 0 Å². The summed E-state index contributed by atoms with van der Waals surface area (Å²) >= 11 is 0. The van der Waals surface area contributed by atoms with Crippen LogP contribution in [0.25, 0.3) is 0 Å². The van der Waals surface area contributed by atoms with E-state index in [9.17, 15) is 18.0 Å². The van der Waals surface area contributed by atoms with Gasteiger partial charge in [-0.25, -0.2) is 0 Å². The van der Waals surface area contributed by atoms with E-state index in [0.717, 1.165) is 0 Å². The van der Waals surface area contributed by atoms with Gasteiger partial charge in [-0.1, -0.05) is 0 Å². The second kappa shape index (κ2) is 5.92. The number of halogens is 3. The van der Waals surface area contributed by atoms with Gasteiger partial charge in [0.15, 0.2) is 0 Å². The summed E-state index contributed by atoms with van der Waals surface area (Å²) in [7, 11) is 1.23. The zero-order chi connectivity index (χ0) is 12.1. The van der Waals surface area contributed by atoms with Crippen LogP contribution in [0.2, 0.25) is 0 Å². The van der Waals surface area contributed by atoms with Crippen molar-refractivity contribution in [1.29, 1.82) is 0 Å². The Hall–Kier alpha value is -0.820. The molecule has 0 bridgehead atoms. The molecular formula is C8H14F3NO3. The minimum atomic E-state index is -4.47. The summed E-state index contributed by atoms with van der Waals surface area (Å²) in [4.78, 5) is 11.9. The molecule has 1 amide bonds. The Labute approximate surface area is 85.6 Å². The minimum absolute atomic E-state index is 0.355. The fourth-order valence-corrected chi connectivity index (χ4v) is 0.962. The highest BCUT2D eigenvalue weighted by atomic mass is 19.4. The molecule has 0 aromatic carbocycles. The van der Waals surface area contributed by atoms with Gasteiger partial charge in [-0.15, -0.1) is 0 Å². The summed E-state index contributed by atoms with van der Waals surface area (Å²) in [6.45, 7) is -0.895. The van der Waals surface area contributed by atoms with Gasteiger partial charge in [-0.2, -0.15) is 13.2 Å². The largest absolute Gasteiger partial charge is 0.406 e. The number of nitrogens with zero attached hydrogens (tertiary/aromatic N) is 1. The third-order valence-corrected chi connectivity index (χ3v) is 1.75. The quantitative estimate of drug-likeness (QED) is 0.742. The molecule has 0 aliphatic carbocycles. The Morgan fingerprint density at radius 3 is 2.40 bits per heavy atom. The maximum atomic E-state index is 12.0. The van der Waals surface area contributed by atoms with Gasteiger partial charge < -0.3 is 14.7 Å². The summed E-state index contributed by atoms with van der Waals surface area (Å²) in [5, 5.41) is 8.53. The molecule has 15 heavy (non-hydrogen) atoms. The third-order valence-electron chi connectivity index (χ3n) is 1.75. The number of rotatable bonds is 5. The average molecular weight is 229 g/mol. The lowest BCUT2D eigenvalue weighted by Gasteiger charge is -2.25. The predicted octanol–water partition coefficient (Wildman–Crippen LogP) is 0.405. The number of methoxy groups -OCH3 is 1. The zero-order valence-corrected chi connectivity index (χ0v) is 8.54. The van der Waals surface area contributed by atoms with E-state index in [1.165, 1.54) is 14.0 Å². The highest BCUT2D eigenvalue weighted by Crippen LogP contribution is 2.17. The van der Waals surface area contributed by atoms with Crippen molar-refractivity contribution < 1.29 is 27.8 Å². The topological polar surface area (TPSA) is 49.8 Å². The van der Waals surface area contributed by atoms with Crippen molar-refractivity contribution in [3.05, 3.63) is 0 Å². The smallest absolute Gasteiger partial charge is 0.395 e. The summed E-state index contributed by atoms with van der Waals surface area (Å²) in [6.07, 6.45) is -5.42. The van der Waals surface area contributed by atoms with E-state index in [1.807, 2.05) is 0 Å². The van der Waals surface area contributed by atoms with Crippen LogP contribution in [0, 0.1) is 0 Å². The summed E-state index contributed by atoms with van der Waals surface area (Å²) in [5.41, 5.74) is 0. The molecule has 0 heterocycles. The van der Waals surface area contributed by atoms with Crippen molar-refractivity contribution in [2.45, 2.75) is 19.2 Å². The number of aliphatic hydroxyl groups excluding tert-OH is 1. The van der Waals surface area contributed by atoms with E-state index in [4.69, 9.17) is 5.11 Å². The molecule has 90 valence electrons. The second-order valence-corrected chi connectivity index (χ2v) is 2.98. The van der Waals surface area contributed by atoms with Crippen molar-refractivity contribution in [2.75, 3.05) is 26.8 Å². The second-order valence-electron chi connectivity index (χ2n) is 2.98. The lowest BCUT2D eigenvalue weighted by atomic mass is 10.3. The van der Waals surface area contributed by atoms with E-state index in [0.29, 0.717) is 4.90 Å². The maximum Gasteiger partial charge on any atom is 0.406 e. The van der Waals surface area contributed by atoms with E-state index >= 15 is 0 Å². The monoisotopic (exact) mass is 229 g/mol. The van der Waals surface area contributed by atoms with E-state index in [-0.39, 0.29) is 6.54 Å². The zero-order valence-electron chi connectivity index (χ0n) is 8.54. The number of aliphatic hydroxyl groups is 1. The summed E-state index contributed by atoms with van der Waals surface area (Å²) in [5.74, 6) is -0.788. The van der Waals surface area contributed by atoms with Gasteiger partial charge in [0.05, 0.1) is 6.61 Å². The Kier molecular flexibility index (Phi) is 5.59. The van der Waals surface area contributed by atoms with Gasteiger partial charge >= 0.3 is 6.18 Å². The molecule has 7 heteroatoms. The molecule has 0 saturated carbocycles. The number of hydrogen-bond acceptors (Lipinski definition) is 3. The Bertz CT molecular complexity index is 208. The normalized spacial score (nSPS) is 13.7. The van der Waals surface area contributed by atoms with Gasteiger partial charge in [0, 0.05) is 13.7 Å². The third kappa shape index (κ3) is 5.58. The van der Waals surface area contributed by atoms with Gasteiger partial charge in [0.2, 0.25) is 0 Å². The first kappa shape index (κ1) is 14.2. The summed E-state index contributed by atoms with van der Waals surface area (Å²) < 4.78 is 40.7. The molecule has 0 fully saturated rings. The van der Waals surface area contributed by atoms with Gasteiger partial charge in [-0.3, -0.25) is 4.79 Å². The lowest BCUT2D eigenvalue weighted by molar-refractivity contribution is -0.167. The Balaban J connectivity index is 4.45. The van der Waals surface area contributed by atoms with E-state index < -0.39 is 31.3 Å². The maximum absolute atomic E-state index is 12.0. The molecule has 0 saturated heterocycles. The van der Waals surface area contributed by atoms with Crippen LogP contribution in [0.4, 0.5) is 13.2 Å². The van der Waals surface area contributed by atoms with Crippen LogP contribution >= 0.6 is 0 Å². The Morgan fingerprint density at radius 2 is 2.07 bits per heavy atom. The highest BCUT2D eigenvalue weighted by molar-refractivity contribution is 5.80. The van der Waals surface area contributed by atoms with Gasteiger partial charge in [0.25, 0.3) is 5.91 Å². The van der Waals surface area contributed by atoms with Crippen molar-refractivity contribution in [1.82, 2.24) is 4.90 Å². The average Bonchev–Trinajstić information content (AvgIpc) is 2.13. The molecule has 0 aliphatic rings. The summed E-state index contributed by atoms with van der Waals surface area (Å²) in [6, 6.07) is 0. The molecule has 1 atom stereocenters. The standard InChI is InChI=1S/C8H14F3NO3/c1-6(15-2)7(14)12(3-4-13)5-8(9,10)11/h6,13H,3-5H2,1-2H3. The van der Waals surface area contributed by atoms with Crippen molar-refractivity contribution in [2.24, 2.45) is 0 Å². The van der Waals surface area contributed by atoms with Crippen molar-refractivity contribution in [3.63, 3.8) is 0 Å². The van der Waals surface area contributed by atoms with Crippen molar-refractivity contribution >= 4 is 5.91 Å². The molecular weight excluding hydrogens is 215 g/mol. The van der Waals surface area contributed by atoms with Crippen LogP contribution < -0.4 is 0 Å². The molecule has 4 nitrogen and oxygen atoms in total. The molecule has 1 unspecified atom stereocenters. The lowest BCUT2D eigenvalue weighted by Crippen LogP contribution is -2.45.